The van der Waals surface area contributed by atoms with E-state index in [4.69, 9.17) is 0 Å². The summed E-state index contributed by atoms with van der Waals surface area (Å²) >= 11 is 0. The van der Waals surface area contributed by atoms with Crippen molar-refractivity contribution in [1.82, 2.24) is 10.6 Å². The molecule has 1 aliphatic heterocycles. The fourth-order valence-corrected chi connectivity index (χ4v) is 3.78. The third kappa shape index (κ3) is 4.28. The molecule has 0 spiro atoms. The van der Waals surface area contributed by atoms with Crippen LogP contribution in [0.25, 0.3) is 0 Å². The third-order valence-corrected chi connectivity index (χ3v) is 5.03. The van der Waals surface area contributed by atoms with E-state index in [9.17, 15) is 13.6 Å². The van der Waals surface area contributed by atoms with Crippen molar-refractivity contribution in [3.63, 3.8) is 0 Å². The molecule has 2 N–H and O–H groups in total. The zero-order valence-electron chi connectivity index (χ0n) is 13.3. The summed E-state index contributed by atoms with van der Waals surface area (Å²) in [7, 11) is 0. The highest BCUT2D eigenvalue weighted by atomic mass is 19.1. The van der Waals surface area contributed by atoms with E-state index >= 15 is 0 Å². The normalized spacial score (nSPS) is 26.6. The number of benzene rings is 1. The summed E-state index contributed by atoms with van der Waals surface area (Å²) in [5, 5.41) is 6.17. The lowest BCUT2D eigenvalue weighted by molar-refractivity contribution is -0.126. The molecule has 2 atom stereocenters. The molecule has 0 aromatic heterocycles. The van der Waals surface area contributed by atoms with Crippen LogP contribution in [-0.4, -0.2) is 18.5 Å². The van der Waals surface area contributed by atoms with Gasteiger partial charge < -0.3 is 10.6 Å². The predicted octanol–water partition coefficient (Wildman–Crippen LogP) is 3.45. The first-order chi connectivity index (χ1) is 11.1. The second kappa shape index (κ2) is 7.39. The standard InChI is InChI=1S/C18H24F2N2O/c19-14-8-13(9-15(20)10-14)17-11-21-16(18(23)22-17)7-12-5-3-1-2-4-6-12/h8-10,12,16-17,21H,1-7,11H2,(H,22,23). The number of piperazine rings is 1. The van der Waals surface area contributed by atoms with E-state index in [-0.39, 0.29) is 18.0 Å². The Morgan fingerprint density at radius 2 is 1.65 bits per heavy atom. The number of hydrogen-bond acceptors (Lipinski definition) is 2. The van der Waals surface area contributed by atoms with Crippen molar-refractivity contribution in [3.8, 4) is 0 Å². The van der Waals surface area contributed by atoms with E-state index in [0.29, 0.717) is 18.0 Å². The van der Waals surface area contributed by atoms with Gasteiger partial charge in [0.15, 0.2) is 0 Å². The van der Waals surface area contributed by atoms with Crippen molar-refractivity contribution in [1.29, 1.82) is 0 Å². The number of rotatable bonds is 3. The maximum atomic E-state index is 13.3. The molecule has 1 aromatic carbocycles. The zero-order chi connectivity index (χ0) is 16.2. The molecular formula is C18H24F2N2O. The number of carbonyl (C=O) groups is 1. The Hall–Kier alpha value is -1.49. The summed E-state index contributed by atoms with van der Waals surface area (Å²) in [5.74, 6) is -0.691. The molecule has 1 heterocycles. The SMILES string of the molecule is O=C1NC(c2cc(F)cc(F)c2)CNC1CC1CCCCCC1. The predicted molar refractivity (Wildman–Crippen MR) is 84.8 cm³/mol. The maximum Gasteiger partial charge on any atom is 0.237 e. The fraction of sp³-hybridized carbons (Fsp3) is 0.611. The van der Waals surface area contributed by atoms with Crippen LogP contribution in [0.2, 0.25) is 0 Å². The van der Waals surface area contributed by atoms with E-state index in [1.54, 1.807) is 0 Å². The number of hydrogen-bond donors (Lipinski definition) is 2. The summed E-state index contributed by atoms with van der Waals surface area (Å²) in [5.41, 5.74) is 0.469. The molecule has 126 valence electrons. The number of carbonyl (C=O) groups excluding carboxylic acids is 1. The summed E-state index contributed by atoms with van der Waals surface area (Å²) in [6.07, 6.45) is 8.36. The Bertz CT molecular complexity index is 536. The van der Waals surface area contributed by atoms with Crippen LogP contribution in [-0.2, 0) is 4.79 Å². The van der Waals surface area contributed by atoms with E-state index < -0.39 is 11.6 Å². The molecule has 1 aliphatic carbocycles. The minimum Gasteiger partial charge on any atom is -0.347 e. The van der Waals surface area contributed by atoms with Crippen LogP contribution in [0.5, 0.6) is 0 Å². The molecule has 2 fully saturated rings. The Labute approximate surface area is 135 Å². The smallest absolute Gasteiger partial charge is 0.237 e. The largest absolute Gasteiger partial charge is 0.347 e. The van der Waals surface area contributed by atoms with Gasteiger partial charge in [-0.05, 0) is 30.0 Å². The van der Waals surface area contributed by atoms with Gasteiger partial charge in [0.05, 0.1) is 12.1 Å². The van der Waals surface area contributed by atoms with Crippen molar-refractivity contribution in [3.05, 3.63) is 35.4 Å². The van der Waals surface area contributed by atoms with Gasteiger partial charge in [-0.1, -0.05) is 38.5 Å². The average molecular weight is 322 g/mol. The molecule has 2 aliphatic rings. The highest BCUT2D eigenvalue weighted by Crippen LogP contribution is 2.28. The second-order valence-electron chi connectivity index (χ2n) is 6.82. The number of amides is 1. The molecule has 2 unspecified atom stereocenters. The topological polar surface area (TPSA) is 41.1 Å². The van der Waals surface area contributed by atoms with E-state index in [1.807, 2.05) is 0 Å². The van der Waals surface area contributed by atoms with Gasteiger partial charge in [0.1, 0.15) is 11.6 Å². The summed E-state index contributed by atoms with van der Waals surface area (Å²) in [6.45, 7) is 0.506. The van der Waals surface area contributed by atoms with Crippen LogP contribution in [0.3, 0.4) is 0 Å². The summed E-state index contributed by atoms with van der Waals surface area (Å²) in [4.78, 5) is 12.3. The van der Waals surface area contributed by atoms with Crippen LogP contribution >= 0.6 is 0 Å². The minimum atomic E-state index is -0.616. The van der Waals surface area contributed by atoms with Crippen molar-refractivity contribution >= 4 is 5.91 Å². The van der Waals surface area contributed by atoms with Crippen molar-refractivity contribution in [2.75, 3.05) is 6.54 Å². The number of halogens is 2. The maximum absolute atomic E-state index is 13.3. The number of nitrogens with one attached hydrogen (secondary N) is 2. The van der Waals surface area contributed by atoms with Crippen LogP contribution in [0.4, 0.5) is 8.78 Å². The molecule has 0 radical (unpaired) electrons. The van der Waals surface area contributed by atoms with Gasteiger partial charge in [-0.15, -0.1) is 0 Å². The van der Waals surface area contributed by atoms with Gasteiger partial charge in [0.25, 0.3) is 0 Å². The van der Waals surface area contributed by atoms with Crippen LogP contribution in [0, 0.1) is 17.6 Å². The van der Waals surface area contributed by atoms with Crippen LogP contribution in [0.1, 0.15) is 56.6 Å². The van der Waals surface area contributed by atoms with Crippen molar-refractivity contribution in [2.45, 2.75) is 57.0 Å². The van der Waals surface area contributed by atoms with Gasteiger partial charge in [0, 0.05) is 12.6 Å². The van der Waals surface area contributed by atoms with E-state index in [2.05, 4.69) is 10.6 Å². The summed E-state index contributed by atoms with van der Waals surface area (Å²) < 4.78 is 26.7. The second-order valence-corrected chi connectivity index (χ2v) is 6.82. The lowest BCUT2D eigenvalue weighted by Crippen LogP contribution is -2.54. The quantitative estimate of drug-likeness (QED) is 0.837. The Kier molecular flexibility index (Phi) is 5.26. The monoisotopic (exact) mass is 322 g/mol. The summed E-state index contributed by atoms with van der Waals surface area (Å²) in [6, 6.07) is 2.84. The lowest BCUT2D eigenvalue weighted by atomic mass is 9.90. The molecule has 23 heavy (non-hydrogen) atoms. The Morgan fingerprint density at radius 3 is 2.26 bits per heavy atom. The molecule has 1 amide bonds. The van der Waals surface area contributed by atoms with Gasteiger partial charge >= 0.3 is 0 Å². The first-order valence-electron chi connectivity index (χ1n) is 8.61. The fourth-order valence-electron chi connectivity index (χ4n) is 3.78. The highest BCUT2D eigenvalue weighted by molar-refractivity contribution is 5.83. The van der Waals surface area contributed by atoms with Crippen LogP contribution in [0.15, 0.2) is 18.2 Å². The molecule has 1 aromatic rings. The van der Waals surface area contributed by atoms with Gasteiger partial charge in [-0.3, -0.25) is 4.79 Å². The first kappa shape index (κ1) is 16.4. The Morgan fingerprint density at radius 1 is 1.00 bits per heavy atom. The molecule has 0 bridgehead atoms. The van der Waals surface area contributed by atoms with E-state index in [0.717, 1.165) is 12.5 Å². The average Bonchev–Trinajstić information content (AvgIpc) is 2.77. The van der Waals surface area contributed by atoms with Crippen molar-refractivity contribution < 1.29 is 13.6 Å². The zero-order valence-corrected chi connectivity index (χ0v) is 13.3. The van der Waals surface area contributed by atoms with Gasteiger partial charge in [-0.25, -0.2) is 8.78 Å². The third-order valence-electron chi connectivity index (χ3n) is 5.03. The van der Waals surface area contributed by atoms with Crippen LogP contribution < -0.4 is 10.6 Å². The molecule has 3 nitrogen and oxygen atoms in total. The first-order valence-corrected chi connectivity index (χ1v) is 8.61. The highest BCUT2D eigenvalue weighted by Gasteiger charge is 2.30. The Balaban J connectivity index is 1.59. The minimum absolute atomic E-state index is 0.0600. The lowest BCUT2D eigenvalue weighted by Gasteiger charge is -2.32. The molecular weight excluding hydrogens is 298 g/mol. The molecule has 3 rings (SSSR count). The van der Waals surface area contributed by atoms with Gasteiger partial charge in [-0.2, -0.15) is 0 Å². The van der Waals surface area contributed by atoms with Gasteiger partial charge in [0.2, 0.25) is 5.91 Å². The van der Waals surface area contributed by atoms with Crippen molar-refractivity contribution in [2.24, 2.45) is 5.92 Å². The van der Waals surface area contributed by atoms with E-state index in [1.165, 1.54) is 50.7 Å². The molecule has 5 heteroatoms. The molecule has 1 saturated heterocycles. The molecule has 1 saturated carbocycles.